The van der Waals surface area contributed by atoms with Crippen LogP contribution < -0.4 is 0 Å². The first-order valence-electron chi connectivity index (χ1n) is 3.38. The van der Waals surface area contributed by atoms with E-state index in [1.165, 1.54) is 0 Å². The Kier molecular flexibility index (Phi) is 5.20. The van der Waals surface area contributed by atoms with E-state index < -0.39 is 5.97 Å². The Morgan fingerprint density at radius 1 is 1.36 bits per heavy atom. The maximum absolute atomic E-state index is 10.0. The molecule has 0 unspecified atom stereocenters. The Morgan fingerprint density at radius 3 is 2.36 bits per heavy atom. The average Bonchev–Trinajstić information content (AvgIpc) is 1.97. The van der Waals surface area contributed by atoms with E-state index in [4.69, 9.17) is 10.4 Å². The number of hydrogen-bond acceptors (Lipinski definition) is 3. The van der Waals surface area contributed by atoms with Gasteiger partial charge in [-0.25, -0.2) is 5.26 Å². The SMILES string of the molecule is C=C(CCCCC(=O)O)OO. The zero-order chi connectivity index (χ0) is 8.69. The zero-order valence-corrected chi connectivity index (χ0v) is 6.25. The van der Waals surface area contributed by atoms with Crippen molar-refractivity contribution in [3.05, 3.63) is 12.3 Å². The quantitative estimate of drug-likeness (QED) is 0.268. The van der Waals surface area contributed by atoms with Crippen LogP contribution in [-0.2, 0) is 9.68 Å². The van der Waals surface area contributed by atoms with Gasteiger partial charge in [-0.15, -0.1) is 0 Å². The molecular formula is C7H12O4. The summed E-state index contributed by atoms with van der Waals surface area (Å²) in [5.74, 6) is -0.532. The molecule has 0 rings (SSSR count). The largest absolute Gasteiger partial charge is 0.481 e. The molecule has 0 amide bonds. The summed E-state index contributed by atoms with van der Waals surface area (Å²) in [7, 11) is 0. The second-order valence-electron chi connectivity index (χ2n) is 2.23. The number of allylic oxidation sites excluding steroid dienone is 1. The van der Waals surface area contributed by atoms with Crippen molar-refractivity contribution in [1.29, 1.82) is 0 Å². The van der Waals surface area contributed by atoms with Crippen LogP contribution in [0.5, 0.6) is 0 Å². The van der Waals surface area contributed by atoms with Crippen LogP contribution in [0.2, 0.25) is 0 Å². The lowest BCUT2D eigenvalue weighted by molar-refractivity contribution is -0.205. The highest BCUT2D eigenvalue weighted by atomic mass is 17.1. The van der Waals surface area contributed by atoms with Crippen LogP contribution in [0.3, 0.4) is 0 Å². The van der Waals surface area contributed by atoms with Crippen molar-refractivity contribution in [2.75, 3.05) is 0 Å². The molecule has 0 bridgehead atoms. The van der Waals surface area contributed by atoms with E-state index in [1.54, 1.807) is 0 Å². The monoisotopic (exact) mass is 160 g/mol. The fourth-order valence-electron chi connectivity index (χ4n) is 0.644. The molecule has 4 nitrogen and oxygen atoms in total. The number of carboxylic acid groups (broad SMARTS) is 1. The maximum atomic E-state index is 10.0. The van der Waals surface area contributed by atoms with Crippen LogP contribution in [0.25, 0.3) is 0 Å². The van der Waals surface area contributed by atoms with Crippen molar-refractivity contribution in [1.82, 2.24) is 0 Å². The predicted molar refractivity (Wildman–Crippen MR) is 39.0 cm³/mol. The van der Waals surface area contributed by atoms with Crippen LogP contribution in [0, 0.1) is 0 Å². The molecule has 0 fully saturated rings. The molecular weight excluding hydrogens is 148 g/mol. The van der Waals surface area contributed by atoms with Gasteiger partial charge in [0, 0.05) is 12.8 Å². The lowest BCUT2D eigenvalue weighted by Crippen LogP contribution is -1.94. The molecule has 0 saturated carbocycles. The Balaban J connectivity index is 3.14. The van der Waals surface area contributed by atoms with E-state index in [0.29, 0.717) is 19.3 Å². The molecule has 4 heteroatoms. The van der Waals surface area contributed by atoms with Gasteiger partial charge < -0.3 is 9.99 Å². The third kappa shape index (κ3) is 6.86. The summed E-state index contributed by atoms with van der Waals surface area (Å²) < 4.78 is 0. The lowest BCUT2D eigenvalue weighted by Gasteiger charge is -1.98. The first-order chi connectivity index (χ1) is 5.16. The normalized spacial score (nSPS) is 9.18. The van der Waals surface area contributed by atoms with Crippen molar-refractivity contribution in [2.45, 2.75) is 25.7 Å². The summed E-state index contributed by atoms with van der Waals surface area (Å²) in [4.78, 5) is 13.8. The van der Waals surface area contributed by atoms with Gasteiger partial charge in [0.25, 0.3) is 0 Å². The van der Waals surface area contributed by atoms with E-state index in [0.717, 1.165) is 0 Å². The fraction of sp³-hybridized carbons (Fsp3) is 0.571. The molecule has 0 heterocycles. The Morgan fingerprint density at radius 2 is 1.91 bits per heavy atom. The second-order valence-corrected chi connectivity index (χ2v) is 2.23. The van der Waals surface area contributed by atoms with Crippen molar-refractivity contribution < 1.29 is 20.0 Å². The Hall–Kier alpha value is -1.03. The van der Waals surface area contributed by atoms with E-state index in [-0.39, 0.29) is 12.2 Å². The van der Waals surface area contributed by atoms with Gasteiger partial charge in [0.15, 0.2) is 0 Å². The van der Waals surface area contributed by atoms with Crippen LogP contribution in [0.1, 0.15) is 25.7 Å². The highest BCUT2D eigenvalue weighted by Gasteiger charge is 1.98. The number of carbonyl (C=O) groups is 1. The highest BCUT2D eigenvalue weighted by molar-refractivity contribution is 5.66. The van der Waals surface area contributed by atoms with E-state index >= 15 is 0 Å². The predicted octanol–water partition coefficient (Wildman–Crippen LogP) is 1.63. The molecule has 0 spiro atoms. The minimum Gasteiger partial charge on any atom is -0.481 e. The third-order valence-corrected chi connectivity index (χ3v) is 1.23. The molecule has 0 saturated heterocycles. The Bertz CT molecular complexity index is 141. The van der Waals surface area contributed by atoms with Gasteiger partial charge in [-0.2, -0.15) is 0 Å². The smallest absolute Gasteiger partial charge is 0.303 e. The van der Waals surface area contributed by atoms with Gasteiger partial charge in [0.1, 0.15) is 5.76 Å². The van der Waals surface area contributed by atoms with Crippen molar-refractivity contribution in [3.63, 3.8) is 0 Å². The summed E-state index contributed by atoms with van der Waals surface area (Å²) in [5, 5.41) is 16.3. The molecule has 0 aliphatic rings. The van der Waals surface area contributed by atoms with Crippen LogP contribution in [0.4, 0.5) is 0 Å². The molecule has 11 heavy (non-hydrogen) atoms. The van der Waals surface area contributed by atoms with Crippen LogP contribution in [-0.4, -0.2) is 16.3 Å². The van der Waals surface area contributed by atoms with Gasteiger partial charge in [-0.1, -0.05) is 6.58 Å². The number of unbranched alkanes of at least 4 members (excludes halogenated alkanes) is 1. The minimum absolute atomic E-state index is 0.151. The average molecular weight is 160 g/mol. The molecule has 0 atom stereocenters. The standard InChI is InChI=1S/C7H12O4/c1-6(11-10)4-2-3-5-7(8)9/h10H,1-5H2,(H,8,9). The zero-order valence-electron chi connectivity index (χ0n) is 6.25. The summed E-state index contributed by atoms with van der Waals surface area (Å²) in [6, 6.07) is 0. The van der Waals surface area contributed by atoms with E-state index in [9.17, 15) is 4.79 Å². The minimum atomic E-state index is -0.805. The topological polar surface area (TPSA) is 66.8 Å². The first-order valence-corrected chi connectivity index (χ1v) is 3.38. The van der Waals surface area contributed by atoms with Crippen molar-refractivity contribution in [2.24, 2.45) is 0 Å². The summed E-state index contributed by atoms with van der Waals surface area (Å²) >= 11 is 0. The van der Waals surface area contributed by atoms with Gasteiger partial charge in [-0.05, 0) is 12.8 Å². The fourth-order valence-corrected chi connectivity index (χ4v) is 0.644. The molecule has 0 aromatic carbocycles. The van der Waals surface area contributed by atoms with E-state index in [2.05, 4.69) is 11.5 Å². The summed E-state index contributed by atoms with van der Waals surface area (Å²) in [6.07, 6.45) is 1.91. The number of aliphatic carboxylic acids is 1. The van der Waals surface area contributed by atoms with E-state index in [1.807, 2.05) is 0 Å². The second kappa shape index (κ2) is 5.73. The van der Waals surface area contributed by atoms with Gasteiger partial charge in [-0.3, -0.25) is 4.79 Å². The number of hydrogen-bond donors (Lipinski definition) is 2. The molecule has 0 aliphatic carbocycles. The molecule has 64 valence electrons. The summed E-state index contributed by atoms with van der Waals surface area (Å²) in [5.41, 5.74) is 0. The molecule has 0 aromatic heterocycles. The maximum Gasteiger partial charge on any atom is 0.303 e. The first kappa shape index (κ1) is 9.97. The lowest BCUT2D eigenvalue weighted by atomic mass is 10.2. The van der Waals surface area contributed by atoms with Crippen LogP contribution in [0.15, 0.2) is 12.3 Å². The molecule has 0 aromatic rings. The molecule has 0 radical (unpaired) electrons. The Labute approximate surface area is 65.0 Å². The number of carboxylic acids is 1. The van der Waals surface area contributed by atoms with Crippen molar-refractivity contribution >= 4 is 5.97 Å². The van der Waals surface area contributed by atoms with Gasteiger partial charge >= 0.3 is 5.97 Å². The van der Waals surface area contributed by atoms with Crippen LogP contribution >= 0.6 is 0 Å². The van der Waals surface area contributed by atoms with Crippen molar-refractivity contribution in [3.8, 4) is 0 Å². The number of rotatable bonds is 6. The third-order valence-electron chi connectivity index (χ3n) is 1.23. The molecule has 0 aliphatic heterocycles. The van der Waals surface area contributed by atoms with Gasteiger partial charge in [0.05, 0.1) is 0 Å². The highest BCUT2D eigenvalue weighted by Crippen LogP contribution is 2.06. The molecule has 2 N–H and O–H groups in total. The van der Waals surface area contributed by atoms with Gasteiger partial charge in [0.2, 0.25) is 0 Å². The summed E-state index contributed by atoms with van der Waals surface area (Å²) in [6.45, 7) is 3.37.